The normalized spacial score (nSPS) is 17.8. The van der Waals surface area contributed by atoms with Gasteiger partial charge in [0, 0.05) is 19.6 Å². The van der Waals surface area contributed by atoms with Crippen molar-refractivity contribution in [1.82, 2.24) is 10.2 Å². The number of rotatable bonds is 9. The van der Waals surface area contributed by atoms with Crippen LogP contribution in [0.1, 0.15) is 18.4 Å². The number of hydrogen-bond donors (Lipinski definition) is 2. The van der Waals surface area contributed by atoms with E-state index in [4.69, 9.17) is 4.74 Å². The van der Waals surface area contributed by atoms with Crippen molar-refractivity contribution in [3.8, 4) is 0 Å². The molecule has 0 aromatic heterocycles. The SMILES string of the molecule is OC(CCc1ccccc1)CNCCCN1CCOCC1. The monoisotopic (exact) mass is 292 g/mol. The lowest BCUT2D eigenvalue weighted by atomic mass is 10.1. The first-order chi connectivity index (χ1) is 10.3. The topological polar surface area (TPSA) is 44.7 Å². The Balaban J connectivity index is 1.46. The largest absolute Gasteiger partial charge is 0.392 e. The van der Waals surface area contributed by atoms with Crippen molar-refractivity contribution >= 4 is 0 Å². The summed E-state index contributed by atoms with van der Waals surface area (Å²) in [6.07, 6.45) is 2.64. The quantitative estimate of drug-likeness (QED) is 0.673. The van der Waals surface area contributed by atoms with Crippen LogP contribution >= 0.6 is 0 Å². The summed E-state index contributed by atoms with van der Waals surface area (Å²) in [6.45, 7) is 6.63. The molecule has 118 valence electrons. The zero-order valence-electron chi connectivity index (χ0n) is 12.8. The molecule has 4 nitrogen and oxygen atoms in total. The molecule has 21 heavy (non-hydrogen) atoms. The van der Waals surface area contributed by atoms with Gasteiger partial charge in [-0.25, -0.2) is 0 Å². The highest BCUT2D eigenvalue weighted by Crippen LogP contribution is 2.04. The molecule has 1 unspecified atom stereocenters. The lowest BCUT2D eigenvalue weighted by Crippen LogP contribution is -2.38. The zero-order chi connectivity index (χ0) is 14.8. The van der Waals surface area contributed by atoms with E-state index in [2.05, 4.69) is 22.3 Å². The van der Waals surface area contributed by atoms with Crippen molar-refractivity contribution in [1.29, 1.82) is 0 Å². The third-order valence-corrected chi connectivity index (χ3v) is 3.92. The number of aryl methyl sites for hydroxylation is 1. The van der Waals surface area contributed by atoms with Crippen LogP contribution in [0.2, 0.25) is 0 Å². The van der Waals surface area contributed by atoms with E-state index in [0.717, 1.165) is 58.7 Å². The van der Waals surface area contributed by atoms with Crippen molar-refractivity contribution in [3.05, 3.63) is 35.9 Å². The van der Waals surface area contributed by atoms with Crippen molar-refractivity contribution in [2.24, 2.45) is 0 Å². The second kappa shape index (κ2) is 9.90. The minimum Gasteiger partial charge on any atom is -0.392 e. The Morgan fingerprint density at radius 1 is 1.19 bits per heavy atom. The number of ether oxygens (including phenoxy) is 1. The molecule has 1 saturated heterocycles. The molecule has 0 spiro atoms. The molecular weight excluding hydrogens is 264 g/mol. The van der Waals surface area contributed by atoms with E-state index in [1.165, 1.54) is 5.56 Å². The first-order valence-electron chi connectivity index (χ1n) is 8.07. The molecule has 1 heterocycles. The highest BCUT2D eigenvalue weighted by molar-refractivity contribution is 5.14. The van der Waals surface area contributed by atoms with Crippen LogP contribution in [0.15, 0.2) is 30.3 Å². The van der Waals surface area contributed by atoms with Gasteiger partial charge in [-0.3, -0.25) is 4.90 Å². The average molecular weight is 292 g/mol. The number of hydrogen-bond acceptors (Lipinski definition) is 4. The molecule has 0 aliphatic carbocycles. The van der Waals surface area contributed by atoms with Crippen LogP contribution in [0.25, 0.3) is 0 Å². The highest BCUT2D eigenvalue weighted by atomic mass is 16.5. The predicted molar refractivity (Wildman–Crippen MR) is 85.5 cm³/mol. The van der Waals surface area contributed by atoms with E-state index < -0.39 is 0 Å². The molecular formula is C17H28N2O2. The van der Waals surface area contributed by atoms with Gasteiger partial charge in [0.25, 0.3) is 0 Å². The standard InChI is InChI=1S/C17H28N2O2/c20-17(8-7-16-5-2-1-3-6-16)15-18-9-4-10-19-11-13-21-14-12-19/h1-3,5-6,17-18,20H,4,7-15H2. The van der Waals surface area contributed by atoms with Crippen LogP contribution in [-0.4, -0.2) is 62.0 Å². The fourth-order valence-corrected chi connectivity index (χ4v) is 2.60. The van der Waals surface area contributed by atoms with Crippen LogP contribution in [0, 0.1) is 0 Å². The van der Waals surface area contributed by atoms with Crippen molar-refractivity contribution < 1.29 is 9.84 Å². The Morgan fingerprint density at radius 2 is 1.95 bits per heavy atom. The number of benzene rings is 1. The maximum Gasteiger partial charge on any atom is 0.0667 e. The molecule has 0 bridgehead atoms. The molecule has 1 aliphatic rings. The lowest BCUT2D eigenvalue weighted by Gasteiger charge is -2.26. The third-order valence-electron chi connectivity index (χ3n) is 3.92. The molecule has 1 atom stereocenters. The van der Waals surface area contributed by atoms with Gasteiger partial charge in [-0.2, -0.15) is 0 Å². The van der Waals surface area contributed by atoms with Gasteiger partial charge in [0.1, 0.15) is 0 Å². The van der Waals surface area contributed by atoms with E-state index in [1.807, 2.05) is 18.2 Å². The summed E-state index contributed by atoms with van der Waals surface area (Å²) in [7, 11) is 0. The minimum absolute atomic E-state index is 0.256. The molecule has 1 aromatic rings. The van der Waals surface area contributed by atoms with Crippen LogP contribution in [0.4, 0.5) is 0 Å². The summed E-state index contributed by atoms with van der Waals surface area (Å²) in [6, 6.07) is 10.3. The molecule has 1 aromatic carbocycles. The first-order valence-corrected chi connectivity index (χ1v) is 8.07. The van der Waals surface area contributed by atoms with Gasteiger partial charge in [0.15, 0.2) is 0 Å². The van der Waals surface area contributed by atoms with E-state index in [-0.39, 0.29) is 6.10 Å². The van der Waals surface area contributed by atoms with Gasteiger partial charge in [-0.1, -0.05) is 30.3 Å². The maximum absolute atomic E-state index is 9.97. The van der Waals surface area contributed by atoms with Crippen molar-refractivity contribution in [2.75, 3.05) is 45.9 Å². The van der Waals surface area contributed by atoms with Gasteiger partial charge >= 0.3 is 0 Å². The Hall–Kier alpha value is -0.940. The summed E-state index contributed by atoms with van der Waals surface area (Å²) in [5.41, 5.74) is 1.30. The molecule has 0 radical (unpaired) electrons. The summed E-state index contributed by atoms with van der Waals surface area (Å²) >= 11 is 0. The fourth-order valence-electron chi connectivity index (χ4n) is 2.60. The van der Waals surface area contributed by atoms with Gasteiger partial charge in [0.2, 0.25) is 0 Å². The van der Waals surface area contributed by atoms with Gasteiger partial charge < -0.3 is 15.2 Å². The predicted octanol–water partition coefficient (Wildman–Crippen LogP) is 1.29. The first kappa shape index (κ1) is 16.4. The van der Waals surface area contributed by atoms with Crippen LogP contribution in [0.3, 0.4) is 0 Å². The van der Waals surface area contributed by atoms with E-state index in [9.17, 15) is 5.11 Å². The molecule has 2 N–H and O–H groups in total. The van der Waals surface area contributed by atoms with Gasteiger partial charge in [-0.05, 0) is 37.9 Å². The molecule has 1 fully saturated rings. The molecule has 0 saturated carbocycles. The number of morpholine rings is 1. The highest BCUT2D eigenvalue weighted by Gasteiger charge is 2.09. The summed E-state index contributed by atoms with van der Waals surface area (Å²) in [5, 5.41) is 13.3. The number of nitrogens with zero attached hydrogens (tertiary/aromatic N) is 1. The maximum atomic E-state index is 9.97. The summed E-state index contributed by atoms with van der Waals surface area (Å²) in [5.74, 6) is 0. The number of aliphatic hydroxyl groups is 1. The third kappa shape index (κ3) is 7.05. The molecule has 1 aliphatic heterocycles. The van der Waals surface area contributed by atoms with Crippen LogP contribution in [0.5, 0.6) is 0 Å². The Morgan fingerprint density at radius 3 is 2.71 bits per heavy atom. The van der Waals surface area contributed by atoms with E-state index in [0.29, 0.717) is 6.54 Å². The Bertz CT molecular complexity index is 366. The van der Waals surface area contributed by atoms with Crippen molar-refractivity contribution in [3.63, 3.8) is 0 Å². The lowest BCUT2D eigenvalue weighted by molar-refractivity contribution is 0.0373. The zero-order valence-corrected chi connectivity index (χ0v) is 12.8. The van der Waals surface area contributed by atoms with E-state index in [1.54, 1.807) is 0 Å². The second-order valence-corrected chi connectivity index (χ2v) is 5.69. The van der Waals surface area contributed by atoms with Gasteiger partial charge in [-0.15, -0.1) is 0 Å². The molecule has 2 rings (SSSR count). The minimum atomic E-state index is -0.256. The molecule has 0 amide bonds. The van der Waals surface area contributed by atoms with Crippen LogP contribution < -0.4 is 5.32 Å². The smallest absolute Gasteiger partial charge is 0.0667 e. The van der Waals surface area contributed by atoms with E-state index >= 15 is 0 Å². The second-order valence-electron chi connectivity index (χ2n) is 5.69. The summed E-state index contributed by atoms with van der Waals surface area (Å²) in [4.78, 5) is 2.44. The molecule has 4 heteroatoms. The fraction of sp³-hybridized carbons (Fsp3) is 0.647. The average Bonchev–Trinajstić information content (AvgIpc) is 2.54. The summed E-state index contributed by atoms with van der Waals surface area (Å²) < 4.78 is 5.33. The Labute approximate surface area is 128 Å². The number of nitrogens with one attached hydrogen (secondary N) is 1. The van der Waals surface area contributed by atoms with Gasteiger partial charge in [0.05, 0.1) is 19.3 Å². The van der Waals surface area contributed by atoms with Crippen LogP contribution in [-0.2, 0) is 11.2 Å². The van der Waals surface area contributed by atoms with Crippen molar-refractivity contribution in [2.45, 2.75) is 25.4 Å². The Kier molecular flexibility index (Phi) is 7.75. The number of aliphatic hydroxyl groups excluding tert-OH is 1.